The van der Waals surface area contributed by atoms with Crippen molar-refractivity contribution in [1.82, 2.24) is 0 Å². The Morgan fingerprint density at radius 2 is 1.78 bits per heavy atom. The predicted molar refractivity (Wildman–Crippen MR) is 60.8 cm³/mol. The van der Waals surface area contributed by atoms with E-state index in [4.69, 9.17) is 14.9 Å². The van der Waals surface area contributed by atoms with E-state index >= 15 is 0 Å². The summed E-state index contributed by atoms with van der Waals surface area (Å²) < 4.78 is 4.96. The van der Waals surface area contributed by atoms with Crippen molar-refractivity contribution in [1.29, 1.82) is 0 Å². The summed E-state index contributed by atoms with van der Waals surface area (Å²) >= 11 is 0. The minimum atomic E-state index is -1.13. The predicted octanol–water partition coefficient (Wildman–Crippen LogP) is 1.14. The van der Waals surface area contributed by atoms with Crippen LogP contribution in [0.1, 0.15) is 32.6 Å². The number of carboxylic acid groups (broad SMARTS) is 2. The van der Waals surface area contributed by atoms with E-state index in [0.29, 0.717) is 12.8 Å². The van der Waals surface area contributed by atoms with Crippen molar-refractivity contribution in [3.8, 4) is 0 Å². The van der Waals surface area contributed by atoms with Crippen LogP contribution in [0.2, 0.25) is 0 Å². The van der Waals surface area contributed by atoms with Gasteiger partial charge < -0.3 is 14.9 Å². The van der Waals surface area contributed by atoms with Crippen LogP contribution in [-0.4, -0.2) is 34.7 Å². The Morgan fingerprint density at radius 1 is 1.11 bits per heavy atom. The number of esters is 1. The molecule has 1 fully saturated rings. The maximum absolute atomic E-state index is 11.7. The van der Waals surface area contributed by atoms with Gasteiger partial charge in [-0.25, -0.2) is 0 Å². The molecule has 3 unspecified atom stereocenters. The highest BCUT2D eigenvalue weighted by Gasteiger charge is 2.42. The molecule has 1 aliphatic carbocycles. The van der Waals surface area contributed by atoms with Gasteiger partial charge in [0.05, 0.1) is 24.4 Å². The number of hydrogen-bond acceptors (Lipinski definition) is 4. The smallest absolute Gasteiger partial charge is 0.309 e. The summed E-state index contributed by atoms with van der Waals surface area (Å²) in [7, 11) is 0. The second-order valence-electron chi connectivity index (χ2n) is 4.57. The summed E-state index contributed by atoms with van der Waals surface area (Å²) in [5.41, 5.74) is 0. The lowest BCUT2D eigenvalue weighted by atomic mass is 9.74. The molecule has 0 saturated heterocycles. The van der Waals surface area contributed by atoms with Gasteiger partial charge in [-0.1, -0.05) is 6.92 Å². The number of rotatable bonds is 5. The summed E-state index contributed by atoms with van der Waals surface area (Å²) in [4.78, 5) is 33.7. The Morgan fingerprint density at radius 3 is 2.28 bits per heavy atom. The molecule has 6 nitrogen and oxygen atoms in total. The Labute approximate surface area is 105 Å². The molecule has 0 aromatic heterocycles. The second kappa shape index (κ2) is 6.37. The Hall–Kier alpha value is -1.59. The van der Waals surface area contributed by atoms with Crippen LogP contribution in [0.3, 0.4) is 0 Å². The molecule has 18 heavy (non-hydrogen) atoms. The Kier molecular flexibility index (Phi) is 5.12. The maximum Gasteiger partial charge on any atom is 0.309 e. The molecule has 1 rings (SSSR count). The van der Waals surface area contributed by atoms with Crippen LogP contribution in [-0.2, 0) is 19.1 Å². The molecule has 102 valence electrons. The van der Waals surface area contributed by atoms with Gasteiger partial charge in [-0.15, -0.1) is 0 Å². The first kappa shape index (κ1) is 14.5. The van der Waals surface area contributed by atoms with Crippen LogP contribution in [0.15, 0.2) is 0 Å². The van der Waals surface area contributed by atoms with Gasteiger partial charge in [0.15, 0.2) is 0 Å². The number of ether oxygens (including phenoxy) is 1. The van der Waals surface area contributed by atoms with Crippen molar-refractivity contribution in [2.45, 2.75) is 32.6 Å². The van der Waals surface area contributed by atoms with Gasteiger partial charge in [0.25, 0.3) is 0 Å². The van der Waals surface area contributed by atoms with Crippen LogP contribution in [0, 0.1) is 17.8 Å². The molecule has 0 aromatic carbocycles. The fourth-order valence-corrected chi connectivity index (χ4v) is 2.26. The highest BCUT2D eigenvalue weighted by molar-refractivity contribution is 5.82. The normalized spacial score (nSPS) is 27.5. The summed E-state index contributed by atoms with van der Waals surface area (Å²) in [6.07, 6.45) is 1.26. The Balaban J connectivity index is 2.70. The van der Waals surface area contributed by atoms with Crippen LogP contribution < -0.4 is 0 Å². The lowest BCUT2D eigenvalue weighted by molar-refractivity contribution is -0.163. The van der Waals surface area contributed by atoms with Crippen molar-refractivity contribution < 1.29 is 29.3 Å². The molecule has 1 saturated carbocycles. The molecular formula is C12H18O6. The highest BCUT2D eigenvalue weighted by atomic mass is 16.5. The topological polar surface area (TPSA) is 101 Å². The number of carbonyl (C=O) groups is 3. The number of carboxylic acids is 2. The number of hydrogen-bond donors (Lipinski definition) is 2. The molecule has 2 N–H and O–H groups in total. The van der Waals surface area contributed by atoms with Crippen molar-refractivity contribution in [3.05, 3.63) is 0 Å². The molecule has 0 radical (unpaired) electrons. The summed E-state index contributed by atoms with van der Waals surface area (Å²) in [6.45, 7) is 2.12. The molecule has 6 heteroatoms. The average molecular weight is 258 g/mol. The zero-order valence-corrected chi connectivity index (χ0v) is 10.3. The summed E-state index contributed by atoms with van der Waals surface area (Å²) in [6, 6.07) is 0. The van der Waals surface area contributed by atoms with E-state index in [9.17, 15) is 14.4 Å². The third-order valence-electron chi connectivity index (χ3n) is 3.27. The first-order valence-corrected chi connectivity index (χ1v) is 6.09. The standard InChI is InChI=1S/C12H18O6/c1-2-5-18-12(17)8-4-3-7(10(13)14)6-9(8)11(15)16/h7-9H,2-6H2,1H3,(H,13,14)(H,15,16). The molecule has 0 heterocycles. The Bertz CT molecular complexity index is 337. The van der Waals surface area contributed by atoms with Crippen LogP contribution in [0.25, 0.3) is 0 Å². The molecule has 3 atom stereocenters. The van der Waals surface area contributed by atoms with Crippen molar-refractivity contribution in [2.75, 3.05) is 6.61 Å². The van der Waals surface area contributed by atoms with Crippen LogP contribution in [0.5, 0.6) is 0 Å². The third kappa shape index (κ3) is 3.45. The molecule has 0 bridgehead atoms. The van der Waals surface area contributed by atoms with Gasteiger partial charge in [-0.05, 0) is 25.7 Å². The quantitative estimate of drug-likeness (QED) is 0.717. The van der Waals surface area contributed by atoms with Crippen LogP contribution >= 0.6 is 0 Å². The van der Waals surface area contributed by atoms with Gasteiger partial charge in [-0.2, -0.15) is 0 Å². The van der Waals surface area contributed by atoms with Crippen molar-refractivity contribution in [2.24, 2.45) is 17.8 Å². The van der Waals surface area contributed by atoms with Crippen LogP contribution in [0.4, 0.5) is 0 Å². The molecule has 0 aromatic rings. The van der Waals surface area contributed by atoms with Gasteiger partial charge in [0.2, 0.25) is 0 Å². The van der Waals surface area contributed by atoms with E-state index < -0.39 is 35.7 Å². The lowest BCUT2D eigenvalue weighted by Crippen LogP contribution is -2.38. The fourth-order valence-electron chi connectivity index (χ4n) is 2.26. The molecule has 0 amide bonds. The van der Waals surface area contributed by atoms with Crippen molar-refractivity contribution >= 4 is 17.9 Å². The number of carbonyl (C=O) groups excluding carboxylic acids is 1. The van der Waals surface area contributed by atoms with Gasteiger partial charge in [-0.3, -0.25) is 14.4 Å². The average Bonchev–Trinajstić information content (AvgIpc) is 2.34. The zero-order chi connectivity index (χ0) is 13.7. The zero-order valence-electron chi connectivity index (χ0n) is 10.3. The lowest BCUT2D eigenvalue weighted by Gasteiger charge is -2.30. The second-order valence-corrected chi connectivity index (χ2v) is 4.57. The van der Waals surface area contributed by atoms with E-state index in [0.717, 1.165) is 0 Å². The van der Waals surface area contributed by atoms with E-state index in [1.54, 1.807) is 0 Å². The first-order chi connectivity index (χ1) is 8.47. The van der Waals surface area contributed by atoms with Gasteiger partial charge >= 0.3 is 17.9 Å². The minimum absolute atomic E-state index is 0.00341. The fraction of sp³-hybridized carbons (Fsp3) is 0.750. The molecule has 0 aliphatic heterocycles. The SMILES string of the molecule is CCCOC(=O)C1CCC(C(=O)O)CC1C(=O)O. The largest absolute Gasteiger partial charge is 0.481 e. The van der Waals surface area contributed by atoms with Gasteiger partial charge in [0, 0.05) is 0 Å². The third-order valence-corrected chi connectivity index (χ3v) is 3.27. The van der Waals surface area contributed by atoms with Gasteiger partial charge in [0.1, 0.15) is 0 Å². The molecule has 1 aliphatic rings. The summed E-state index contributed by atoms with van der Waals surface area (Å²) in [5.74, 6) is -5.00. The highest BCUT2D eigenvalue weighted by Crippen LogP contribution is 2.35. The number of aliphatic carboxylic acids is 2. The first-order valence-electron chi connectivity index (χ1n) is 6.09. The maximum atomic E-state index is 11.7. The van der Waals surface area contributed by atoms with Crippen molar-refractivity contribution in [3.63, 3.8) is 0 Å². The summed E-state index contributed by atoms with van der Waals surface area (Å²) in [5, 5.41) is 18.0. The minimum Gasteiger partial charge on any atom is -0.481 e. The molecular weight excluding hydrogens is 240 g/mol. The molecule has 0 spiro atoms. The van der Waals surface area contributed by atoms with E-state index in [-0.39, 0.29) is 19.4 Å². The van der Waals surface area contributed by atoms with E-state index in [1.165, 1.54) is 0 Å². The monoisotopic (exact) mass is 258 g/mol. The van der Waals surface area contributed by atoms with E-state index in [2.05, 4.69) is 0 Å². The van der Waals surface area contributed by atoms with E-state index in [1.807, 2.05) is 6.92 Å².